The van der Waals surface area contributed by atoms with Crippen LogP contribution < -0.4 is 4.74 Å². The number of rotatable bonds is 4. The van der Waals surface area contributed by atoms with Gasteiger partial charge in [0.2, 0.25) is 0 Å². The Kier molecular flexibility index (Phi) is 4.51. The zero-order valence-corrected chi connectivity index (χ0v) is 11.3. The van der Waals surface area contributed by atoms with E-state index < -0.39 is 17.7 Å². The van der Waals surface area contributed by atoms with E-state index in [1.165, 1.54) is 31.2 Å². The van der Waals surface area contributed by atoms with Crippen LogP contribution in [-0.2, 0) is 6.61 Å². The number of hydrogen-bond donors (Lipinski definition) is 1. The maximum atomic E-state index is 13.9. The van der Waals surface area contributed by atoms with Crippen LogP contribution in [0.5, 0.6) is 5.75 Å². The highest BCUT2D eigenvalue weighted by Gasteiger charge is 2.13. The molecule has 21 heavy (non-hydrogen) atoms. The summed E-state index contributed by atoms with van der Waals surface area (Å²) in [6.07, 6.45) is -0.837. The molecule has 2 aromatic rings. The second kappa shape index (κ2) is 6.33. The Morgan fingerprint density at radius 3 is 2.71 bits per heavy atom. The van der Waals surface area contributed by atoms with E-state index in [2.05, 4.69) is 0 Å². The topological polar surface area (TPSA) is 53.2 Å². The van der Waals surface area contributed by atoms with Gasteiger partial charge in [0.05, 0.1) is 11.7 Å². The Morgan fingerprint density at radius 1 is 1.29 bits per heavy atom. The standard InChI is InChI=1S/C16H13F2NO2/c1-10(20)14-6-5-13(17)7-15(14)21-9-12-4-2-3-11(8-19)16(12)18/h2-7,10,20H,9H2,1H3/t10-/m1/s1. The van der Waals surface area contributed by atoms with Crippen molar-refractivity contribution in [3.05, 3.63) is 64.7 Å². The summed E-state index contributed by atoms with van der Waals surface area (Å²) in [7, 11) is 0. The molecule has 0 unspecified atom stereocenters. The van der Waals surface area contributed by atoms with Crippen molar-refractivity contribution in [1.82, 2.24) is 0 Å². The van der Waals surface area contributed by atoms with E-state index in [1.54, 1.807) is 12.1 Å². The van der Waals surface area contributed by atoms with Crippen LogP contribution in [0.1, 0.15) is 29.7 Å². The molecule has 0 saturated heterocycles. The molecule has 0 heterocycles. The lowest BCUT2D eigenvalue weighted by Gasteiger charge is -2.14. The minimum Gasteiger partial charge on any atom is -0.488 e. The zero-order chi connectivity index (χ0) is 15.4. The first-order chi connectivity index (χ1) is 10.0. The highest BCUT2D eigenvalue weighted by Crippen LogP contribution is 2.27. The van der Waals surface area contributed by atoms with Crippen molar-refractivity contribution in [3.63, 3.8) is 0 Å². The first-order valence-corrected chi connectivity index (χ1v) is 6.30. The van der Waals surface area contributed by atoms with Crippen molar-refractivity contribution in [1.29, 1.82) is 5.26 Å². The third kappa shape index (κ3) is 3.36. The molecule has 0 bridgehead atoms. The fraction of sp³-hybridized carbons (Fsp3) is 0.188. The van der Waals surface area contributed by atoms with E-state index in [9.17, 15) is 13.9 Å². The first kappa shape index (κ1) is 14.9. The maximum Gasteiger partial charge on any atom is 0.147 e. The molecule has 0 amide bonds. The number of halogens is 2. The van der Waals surface area contributed by atoms with Crippen LogP contribution in [0.4, 0.5) is 8.78 Å². The van der Waals surface area contributed by atoms with Crippen LogP contribution in [0.15, 0.2) is 36.4 Å². The number of benzene rings is 2. The van der Waals surface area contributed by atoms with Crippen molar-refractivity contribution in [2.75, 3.05) is 0 Å². The largest absolute Gasteiger partial charge is 0.488 e. The van der Waals surface area contributed by atoms with Gasteiger partial charge >= 0.3 is 0 Å². The van der Waals surface area contributed by atoms with E-state index in [0.717, 1.165) is 6.07 Å². The average Bonchev–Trinajstić information content (AvgIpc) is 2.46. The van der Waals surface area contributed by atoms with E-state index in [-0.39, 0.29) is 23.5 Å². The van der Waals surface area contributed by atoms with Crippen molar-refractivity contribution in [3.8, 4) is 11.8 Å². The molecule has 2 rings (SSSR count). The molecule has 0 spiro atoms. The van der Waals surface area contributed by atoms with Crippen LogP contribution in [0.25, 0.3) is 0 Å². The molecule has 5 heteroatoms. The minimum absolute atomic E-state index is 0.0777. The molecule has 3 nitrogen and oxygen atoms in total. The van der Waals surface area contributed by atoms with Gasteiger partial charge in [0, 0.05) is 17.2 Å². The highest BCUT2D eigenvalue weighted by molar-refractivity contribution is 5.37. The maximum absolute atomic E-state index is 13.9. The molecule has 108 valence electrons. The fourth-order valence-electron chi connectivity index (χ4n) is 1.91. The van der Waals surface area contributed by atoms with E-state index >= 15 is 0 Å². The lowest BCUT2D eigenvalue weighted by molar-refractivity contribution is 0.189. The molecule has 0 fully saturated rings. The predicted octanol–water partition coefficient (Wildman–Crippen LogP) is 3.47. The lowest BCUT2D eigenvalue weighted by atomic mass is 10.1. The number of hydrogen-bond acceptors (Lipinski definition) is 3. The Bertz CT molecular complexity index is 693. The Morgan fingerprint density at radius 2 is 2.05 bits per heavy atom. The summed E-state index contributed by atoms with van der Waals surface area (Å²) < 4.78 is 32.5. The van der Waals surface area contributed by atoms with Crippen LogP contribution in [0, 0.1) is 23.0 Å². The Hall–Kier alpha value is -2.45. The molecule has 1 atom stereocenters. The predicted molar refractivity (Wildman–Crippen MR) is 72.5 cm³/mol. The van der Waals surface area contributed by atoms with Gasteiger partial charge in [0.15, 0.2) is 0 Å². The summed E-state index contributed by atoms with van der Waals surface area (Å²) in [6, 6.07) is 9.89. The number of nitriles is 1. The van der Waals surface area contributed by atoms with Gasteiger partial charge in [0.1, 0.15) is 30.1 Å². The van der Waals surface area contributed by atoms with Crippen molar-refractivity contribution in [2.24, 2.45) is 0 Å². The minimum atomic E-state index is -0.837. The van der Waals surface area contributed by atoms with E-state index in [4.69, 9.17) is 10.00 Å². The number of aliphatic hydroxyl groups is 1. The molecule has 2 aromatic carbocycles. The highest BCUT2D eigenvalue weighted by atomic mass is 19.1. The van der Waals surface area contributed by atoms with Crippen LogP contribution in [-0.4, -0.2) is 5.11 Å². The second-order valence-corrected chi connectivity index (χ2v) is 4.54. The van der Waals surface area contributed by atoms with Gasteiger partial charge in [-0.2, -0.15) is 5.26 Å². The summed E-state index contributed by atoms with van der Waals surface area (Å²) in [6.45, 7) is 1.36. The summed E-state index contributed by atoms with van der Waals surface area (Å²) in [5.41, 5.74) is 0.522. The van der Waals surface area contributed by atoms with Crippen molar-refractivity contribution in [2.45, 2.75) is 19.6 Å². The van der Waals surface area contributed by atoms with Crippen molar-refractivity contribution >= 4 is 0 Å². The van der Waals surface area contributed by atoms with Gasteiger partial charge in [-0.05, 0) is 25.1 Å². The average molecular weight is 289 g/mol. The third-order valence-corrected chi connectivity index (χ3v) is 3.01. The molecule has 0 aliphatic carbocycles. The smallest absolute Gasteiger partial charge is 0.147 e. The van der Waals surface area contributed by atoms with Gasteiger partial charge in [-0.25, -0.2) is 8.78 Å². The SMILES string of the molecule is C[C@@H](O)c1ccc(F)cc1OCc1cccc(C#N)c1F. The summed E-state index contributed by atoms with van der Waals surface area (Å²) in [5, 5.41) is 18.4. The zero-order valence-electron chi connectivity index (χ0n) is 11.3. The summed E-state index contributed by atoms with van der Waals surface area (Å²) in [4.78, 5) is 0. The number of ether oxygens (including phenoxy) is 1. The Balaban J connectivity index is 2.25. The molecule has 0 aromatic heterocycles. The van der Waals surface area contributed by atoms with Crippen LogP contribution >= 0.6 is 0 Å². The summed E-state index contributed by atoms with van der Waals surface area (Å²) in [5.74, 6) is -1.03. The second-order valence-electron chi connectivity index (χ2n) is 4.54. The molecule has 0 radical (unpaired) electrons. The van der Waals surface area contributed by atoms with Gasteiger partial charge < -0.3 is 9.84 Å². The molecule has 0 aliphatic heterocycles. The molecule has 0 aliphatic rings. The van der Waals surface area contributed by atoms with Gasteiger partial charge in [0.25, 0.3) is 0 Å². The lowest BCUT2D eigenvalue weighted by Crippen LogP contribution is -2.04. The van der Waals surface area contributed by atoms with Crippen LogP contribution in [0.2, 0.25) is 0 Å². The van der Waals surface area contributed by atoms with E-state index in [0.29, 0.717) is 5.56 Å². The van der Waals surface area contributed by atoms with Crippen molar-refractivity contribution < 1.29 is 18.6 Å². The molecule has 1 N–H and O–H groups in total. The first-order valence-electron chi connectivity index (χ1n) is 6.30. The van der Waals surface area contributed by atoms with Gasteiger partial charge in [-0.15, -0.1) is 0 Å². The molecular formula is C16H13F2NO2. The number of aliphatic hydroxyl groups excluding tert-OH is 1. The number of nitrogens with zero attached hydrogens (tertiary/aromatic N) is 1. The molecule has 0 saturated carbocycles. The van der Waals surface area contributed by atoms with Crippen LogP contribution in [0.3, 0.4) is 0 Å². The monoisotopic (exact) mass is 289 g/mol. The Labute approximate surface area is 121 Å². The van der Waals surface area contributed by atoms with Gasteiger partial charge in [-0.3, -0.25) is 0 Å². The van der Waals surface area contributed by atoms with Gasteiger partial charge in [-0.1, -0.05) is 12.1 Å². The van der Waals surface area contributed by atoms with E-state index in [1.807, 2.05) is 0 Å². The normalized spacial score (nSPS) is 11.8. The molecular weight excluding hydrogens is 276 g/mol. The summed E-state index contributed by atoms with van der Waals surface area (Å²) >= 11 is 0. The quantitative estimate of drug-likeness (QED) is 0.937. The fourth-order valence-corrected chi connectivity index (χ4v) is 1.91. The third-order valence-electron chi connectivity index (χ3n) is 3.01.